The van der Waals surface area contributed by atoms with Gasteiger partial charge < -0.3 is 49.0 Å². The lowest BCUT2D eigenvalue weighted by atomic mass is 9.89. The topological polar surface area (TPSA) is 222 Å². The normalized spacial score (nSPS) is 14.8. The molecule has 37 heavy (non-hydrogen) atoms. The second kappa shape index (κ2) is 17.8. The number of anilines is 2. The predicted octanol–water partition coefficient (Wildman–Crippen LogP) is 6.60. The summed E-state index contributed by atoms with van der Waals surface area (Å²) in [5, 5.41) is 3.42. The van der Waals surface area contributed by atoms with Crippen molar-refractivity contribution in [2.45, 2.75) is 63.8 Å². The first-order valence-electron chi connectivity index (χ1n) is 11.8. The first kappa shape index (κ1) is 36.5. The number of aromatic nitrogens is 3. The van der Waals surface area contributed by atoms with E-state index in [1.807, 2.05) is 12.1 Å². The maximum absolute atomic E-state index is 5.49. The van der Waals surface area contributed by atoms with Crippen LogP contribution in [-0.2, 0) is 6.54 Å². The third-order valence-corrected chi connectivity index (χ3v) is 6.43. The summed E-state index contributed by atoms with van der Waals surface area (Å²) in [5.41, 5.74) is 0.999. The third-order valence-electron chi connectivity index (χ3n) is 6.43. The highest BCUT2D eigenvalue weighted by Crippen LogP contribution is 2.38. The van der Waals surface area contributed by atoms with Gasteiger partial charge in [0.1, 0.15) is 5.82 Å². The fourth-order valence-electron chi connectivity index (χ4n) is 4.66. The van der Waals surface area contributed by atoms with Gasteiger partial charge in [-0.3, -0.25) is 0 Å². The van der Waals surface area contributed by atoms with Crippen LogP contribution in [0.5, 0.6) is 17.2 Å². The van der Waals surface area contributed by atoms with E-state index in [2.05, 4.69) is 10.2 Å². The van der Waals surface area contributed by atoms with Gasteiger partial charge in [0.2, 0.25) is 17.6 Å². The molecule has 2 fully saturated rings. The molecule has 0 unspecified atom stereocenters. The molecule has 12 nitrogen and oxygen atoms in total. The van der Waals surface area contributed by atoms with Crippen molar-refractivity contribution >= 4 is 24.3 Å². The number of halogens is 1. The Hall–Kier alpha value is -2.64. The average molecular weight is 554 g/mol. The number of benzene rings is 1. The highest BCUT2D eigenvalue weighted by Gasteiger charge is 2.23. The number of piperidine rings is 1. The van der Waals surface area contributed by atoms with Gasteiger partial charge >= 0.3 is 0 Å². The minimum atomic E-state index is 0. The Bertz CT molecular complexity index is 869. The van der Waals surface area contributed by atoms with Crippen molar-refractivity contribution in [2.24, 2.45) is 0 Å². The molecule has 222 valence electrons. The molecule has 1 aliphatic carbocycles. The van der Waals surface area contributed by atoms with Gasteiger partial charge in [-0.25, -0.2) is 0 Å². The number of hydrogen-bond donors (Lipinski definition) is 5. The van der Waals surface area contributed by atoms with E-state index in [4.69, 9.17) is 29.2 Å². The SMILES string of the molecule is COc1cc(CNc2nc(C3CCCCC3)nc(N3CCCCC3)n2)cc(OC)c1OC.Cl.N.N.N.N.[HH].[HH].[HH].[HH]. The van der Waals surface area contributed by atoms with E-state index in [1.165, 1.54) is 38.5 Å². The lowest BCUT2D eigenvalue weighted by Crippen LogP contribution is -2.32. The van der Waals surface area contributed by atoms with Crippen LogP contribution in [0.1, 0.15) is 74.4 Å². The van der Waals surface area contributed by atoms with E-state index in [0.717, 1.165) is 43.3 Å². The Morgan fingerprint density at radius 1 is 0.811 bits per heavy atom. The van der Waals surface area contributed by atoms with Gasteiger partial charge in [-0.05, 0) is 49.8 Å². The van der Waals surface area contributed by atoms with Gasteiger partial charge in [0.15, 0.2) is 11.5 Å². The molecule has 0 spiro atoms. The number of hydrogen-bond acceptors (Lipinski definition) is 12. The molecule has 4 rings (SSSR count). The summed E-state index contributed by atoms with van der Waals surface area (Å²) in [6, 6.07) is 3.90. The van der Waals surface area contributed by atoms with E-state index >= 15 is 0 Å². The zero-order valence-corrected chi connectivity index (χ0v) is 23.6. The minimum Gasteiger partial charge on any atom is -0.493 e. The number of nitrogens with zero attached hydrogens (tertiary/aromatic N) is 4. The van der Waals surface area contributed by atoms with E-state index in [-0.39, 0.29) is 42.7 Å². The monoisotopic (exact) mass is 553 g/mol. The molecule has 13 N–H and O–H groups in total. The van der Waals surface area contributed by atoms with Crippen LogP contribution in [0, 0.1) is 0 Å². The highest BCUT2D eigenvalue weighted by molar-refractivity contribution is 5.85. The molecule has 0 atom stereocenters. The zero-order chi connectivity index (χ0) is 22.3. The highest BCUT2D eigenvalue weighted by atomic mass is 35.5. The molecule has 0 bridgehead atoms. The minimum absolute atomic E-state index is 0. The fraction of sp³-hybridized carbons (Fsp3) is 0.625. The summed E-state index contributed by atoms with van der Waals surface area (Å²) in [5.74, 6) is 4.67. The second-order valence-electron chi connectivity index (χ2n) is 8.59. The Morgan fingerprint density at radius 3 is 1.92 bits per heavy atom. The van der Waals surface area contributed by atoms with Crippen molar-refractivity contribution < 1.29 is 19.9 Å². The Balaban J connectivity index is -0.000000340. The number of rotatable bonds is 8. The quantitative estimate of drug-likeness (QED) is 0.233. The van der Waals surface area contributed by atoms with E-state index in [9.17, 15) is 0 Å². The van der Waals surface area contributed by atoms with Crippen LogP contribution in [0.2, 0.25) is 0 Å². The summed E-state index contributed by atoms with van der Waals surface area (Å²) in [7, 11) is 4.86. The van der Waals surface area contributed by atoms with Crippen molar-refractivity contribution in [3.05, 3.63) is 23.5 Å². The van der Waals surface area contributed by atoms with Crippen LogP contribution < -0.4 is 49.0 Å². The molecule has 0 radical (unpaired) electrons. The van der Waals surface area contributed by atoms with E-state index in [0.29, 0.717) is 35.7 Å². The van der Waals surface area contributed by atoms with Crippen molar-refractivity contribution in [3.63, 3.8) is 0 Å². The van der Waals surface area contributed by atoms with Gasteiger partial charge in [-0.1, -0.05) is 19.3 Å². The van der Waals surface area contributed by atoms with E-state index in [1.54, 1.807) is 21.3 Å². The standard InChI is InChI=1S/C24H35N5O3.ClH.4H3N.4H2/c1-30-19-14-17(15-20(31-2)21(19)32-3)16-25-23-26-22(18-10-6-4-7-11-18)27-24(28-23)29-12-8-5-9-13-29;;;;;;;;;/h14-15,18H,4-13,16H2,1-3H3,(H,25,26,27,28);1H;4*1H3;4*1H. The first-order chi connectivity index (χ1) is 15.7. The van der Waals surface area contributed by atoms with Crippen molar-refractivity contribution in [1.29, 1.82) is 0 Å². The number of methoxy groups -OCH3 is 3. The molecular formula is C24H56ClN9O3. The largest absolute Gasteiger partial charge is 0.493 e. The summed E-state index contributed by atoms with van der Waals surface area (Å²) in [6.45, 7) is 2.57. The molecule has 1 saturated heterocycles. The Labute approximate surface area is 233 Å². The Morgan fingerprint density at radius 2 is 1.38 bits per heavy atom. The summed E-state index contributed by atoms with van der Waals surface area (Å²) >= 11 is 0. The predicted molar refractivity (Wildman–Crippen MR) is 161 cm³/mol. The van der Waals surface area contributed by atoms with Crippen LogP contribution in [0.25, 0.3) is 0 Å². The molecule has 2 aromatic rings. The molecule has 1 saturated carbocycles. The van der Waals surface area contributed by atoms with Crippen molar-refractivity contribution in [1.82, 2.24) is 39.6 Å². The first-order valence-corrected chi connectivity index (χ1v) is 11.8. The van der Waals surface area contributed by atoms with Gasteiger partial charge in [-0.15, -0.1) is 12.4 Å². The van der Waals surface area contributed by atoms with Crippen molar-refractivity contribution in [3.8, 4) is 17.2 Å². The van der Waals surface area contributed by atoms with Crippen molar-refractivity contribution in [2.75, 3.05) is 44.6 Å². The zero-order valence-electron chi connectivity index (χ0n) is 22.8. The lowest BCUT2D eigenvalue weighted by molar-refractivity contribution is 0.324. The fourth-order valence-corrected chi connectivity index (χ4v) is 4.66. The maximum atomic E-state index is 5.49. The molecule has 1 aromatic heterocycles. The molecule has 1 aromatic carbocycles. The number of nitrogens with one attached hydrogen (secondary N) is 1. The maximum Gasteiger partial charge on any atom is 0.230 e. The van der Waals surface area contributed by atoms with E-state index < -0.39 is 0 Å². The Kier molecular flexibility index (Phi) is 17.5. The third kappa shape index (κ3) is 9.00. The molecule has 2 aliphatic rings. The van der Waals surface area contributed by atoms with Crippen LogP contribution >= 0.6 is 12.4 Å². The molecule has 2 heterocycles. The number of ether oxygens (including phenoxy) is 3. The van der Waals surface area contributed by atoms with Gasteiger partial charge in [0.05, 0.1) is 21.3 Å². The smallest absolute Gasteiger partial charge is 0.230 e. The molecule has 0 amide bonds. The van der Waals surface area contributed by atoms with Gasteiger partial charge in [-0.2, -0.15) is 15.0 Å². The van der Waals surface area contributed by atoms with Crippen LogP contribution in [0.3, 0.4) is 0 Å². The summed E-state index contributed by atoms with van der Waals surface area (Å²) in [6.07, 6.45) is 9.81. The van der Waals surface area contributed by atoms with Crippen LogP contribution in [0.15, 0.2) is 12.1 Å². The second-order valence-corrected chi connectivity index (χ2v) is 8.59. The molecular weight excluding hydrogens is 498 g/mol. The van der Waals surface area contributed by atoms with Gasteiger partial charge in [0, 0.05) is 31.3 Å². The molecule has 13 heteroatoms. The summed E-state index contributed by atoms with van der Waals surface area (Å²) < 4.78 is 16.4. The van der Waals surface area contributed by atoms with Gasteiger partial charge in [0.25, 0.3) is 0 Å². The lowest BCUT2D eigenvalue weighted by Gasteiger charge is -2.28. The van der Waals surface area contributed by atoms with Crippen LogP contribution in [-0.4, -0.2) is 49.4 Å². The average Bonchev–Trinajstić information content (AvgIpc) is 2.87. The molecule has 1 aliphatic heterocycles. The van der Waals surface area contributed by atoms with Crippen LogP contribution in [0.4, 0.5) is 11.9 Å². The summed E-state index contributed by atoms with van der Waals surface area (Å²) in [4.78, 5) is 16.9.